The maximum absolute atomic E-state index is 12.3. The number of anilines is 1. The molecule has 0 bridgehead atoms. The molecule has 0 saturated carbocycles. The summed E-state index contributed by atoms with van der Waals surface area (Å²) in [6, 6.07) is 6.39. The highest BCUT2D eigenvalue weighted by molar-refractivity contribution is 7.58. The van der Waals surface area contributed by atoms with Gasteiger partial charge in [0.2, 0.25) is 7.37 Å². The van der Waals surface area contributed by atoms with Crippen molar-refractivity contribution < 1.29 is 19.4 Å². The lowest BCUT2D eigenvalue weighted by Gasteiger charge is -2.18. The quantitative estimate of drug-likeness (QED) is 0.203. The van der Waals surface area contributed by atoms with Crippen molar-refractivity contribution in [2.75, 3.05) is 17.6 Å². The van der Waals surface area contributed by atoms with Crippen LogP contribution in [-0.4, -0.2) is 34.3 Å². The molecular formula is C15H24N3O4P. The maximum atomic E-state index is 12.3. The summed E-state index contributed by atoms with van der Waals surface area (Å²) in [5, 5.41) is 19.2. The van der Waals surface area contributed by atoms with Gasteiger partial charge in [0, 0.05) is 18.0 Å². The number of benzene rings is 1. The van der Waals surface area contributed by atoms with Crippen LogP contribution in [0.1, 0.15) is 37.7 Å². The van der Waals surface area contributed by atoms with E-state index in [1.54, 1.807) is 18.2 Å². The molecule has 0 saturated heterocycles. The molecule has 23 heavy (non-hydrogen) atoms. The second-order valence-electron chi connectivity index (χ2n) is 5.51. The van der Waals surface area contributed by atoms with Crippen LogP contribution >= 0.6 is 7.37 Å². The molecule has 0 aliphatic rings. The minimum atomic E-state index is -3.51. The average molecular weight is 341 g/mol. The SMILES string of the molecule is CCCCCP(=O)(O)CC(C(=O)O)c1cccc(NC(=N)N)c1. The van der Waals surface area contributed by atoms with E-state index < -0.39 is 19.3 Å². The highest BCUT2D eigenvalue weighted by atomic mass is 31.2. The number of carboxylic acids is 1. The molecule has 2 atom stereocenters. The third-order valence-electron chi connectivity index (χ3n) is 3.45. The molecule has 1 aromatic rings. The zero-order chi connectivity index (χ0) is 17.5. The molecular weight excluding hydrogens is 317 g/mol. The molecule has 6 N–H and O–H groups in total. The monoisotopic (exact) mass is 341 g/mol. The first-order valence-corrected chi connectivity index (χ1v) is 9.53. The van der Waals surface area contributed by atoms with Gasteiger partial charge in [-0.1, -0.05) is 31.9 Å². The van der Waals surface area contributed by atoms with Gasteiger partial charge in [-0.3, -0.25) is 14.8 Å². The number of guanidine groups is 1. The number of aliphatic carboxylic acids is 1. The zero-order valence-corrected chi connectivity index (χ0v) is 14.1. The minimum absolute atomic E-state index is 0.135. The molecule has 0 amide bonds. The van der Waals surface area contributed by atoms with Crippen LogP contribution in [0.2, 0.25) is 0 Å². The van der Waals surface area contributed by atoms with E-state index >= 15 is 0 Å². The van der Waals surface area contributed by atoms with E-state index in [2.05, 4.69) is 5.32 Å². The smallest absolute Gasteiger partial charge is 0.311 e. The van der Waals surface area contributed by atoms with Crippen LogP contribution in [0.15, 0.2) is 24.3 Å². The normalized spacial score (nSPS) is 14.7. The number of rotatable bonds is 9. The van der Waals surface area contributed by atoms with E-state index in [1.165, 1.54) is 6.07 Å². The predicted molar refractivity (Wildman–Crippen MR) is 91.4 cm³/mol. The molecule has 0 spiro atoms. The standard InChI is InChI=1S/C15H24N3O4P/c1-2-3-4-8-23(21,22)10-13(14(19)20)11-6-5-7-12(9-11)18-15(16)17/h5-7,9,13H,2-4,8,10H2,1H3,(H,19,20)(H,21,22)(H4,16,17,18). The van der Waals surface area contributed by atoms with E-state index in [9.17, 15) is 19.4 Å². The Kier molecular flexibility index (Phi) is 7.26. The summed E-state index contributed by atoms with van der Waals surface area (Å²) in [7, 11) is -3.51. The second kappa shape index (κ2) is 8.70. The summed E-state index contributed by atoms with van der Waals surface area (Å²) in [6.45, 7) is 2.00. The summed E-state index contributed by atoms with van der Waals surface area (Å²) in [5.41, 5.74) is 6.13. The Morgan fingerprint density at radius 2 is 2.13 bits per heavy atom. The van der Waals surface area contributed by atoms with Crippen molar-refractivity contribution in [2.24, 2.45) is 5.73 Å². The molecule has 0 radical (unpaired) electrons. The third-order valence-corrected chi connectivity index (χ3v) is 5.40. The summed E-state index contributed by atoms with van der Waals surface area (Å²) in [4.78, 5) is 21.6. The lowest BCUT2D eigenvalue weighted by Crippen LogP contribution is -2.21. The number of hydrogen-bond acceptors (Lipinski definition) is 3. The van der Waals surface area contributed by atoms with E-state index in [1.807, 2.05) is 6.92 Å². The Morgan fingerprint density at radius 3 is 2.70 bits per heavy atom. The van der Waals surface area contributed by atoms with Gasteiger partial charge in [-0.05, 0) is 24.1 Å². The second-order valence-corrected chi connectivity index (χ2v) is 8.02. The summed E-state index contributed by atoms with van der Waals surface area (Å²) >= 11 is 0. The summed E-state index contributed by atoms with van der Waals surface area (Å²) in [5.74, 6) is -2.47. The molecule has 8 heteroatoms. The Morgan fingerprint density at radius 1 is 1.43 bits per heavy atom. The molecule has 0 aliphatic heterocycles. The van der Waals surface area contributed by atoms with Gasteiger partial charge < -0.3 is 21.1 Å². The molecule has 7 nitrogen and oxygen atoms in total. The van der Waals surface area contributed by atoms with Crippen LogP contribution < -0.4 is 11.1 Å². The van der Waals surface area contributed by atoms with Crippen molar-refractivity contribution in [3.8, 4) is 0 Å². The van der Waals surface area contributed by atoms with Crippen molar-refractivity contribution in [1.29, 1.82) is 5.41 Å². The van der Waals surface area contributed by atoms with Crippen molar-refractivity contribution in [3.05, 3.63) is 29.8 Å². The fourth-order valence-electron chi connectivity index (χ4n) is 2.30. The lowest BCUT2D eigenvalue weighted by molar-refractivity contribution is -0.138. The van der Waals surface area contributed by atoms with Crippen molar-refractivity contribution >= 4 is 25.0 Å². The first-order valence-electron chi connectivity index (χ1n) is 7.50. The topological polar surface area (TPSA) is 136 Å². The van der Waals surface area contributed by atoms with Crippen LogP contribution in [0.5, 0.6) is 0 Å². The molecule has 0 heterocycles. The van der Waals surface area contributed by atoms with Crippen LogP contribution in [0.25, 0.3) is 0 Å². The minimum Gasteiger partial charge on any atom is -0.481 e. The van der Waals surface area contributed by atoms with Gasteiger partial charge in [0.05, 0.1) is 5.92 Å². The van der Waals surface area contributed by atoms with Gasteiger partial charge >= 0.3 is 5.97 Å². The van der Waals surface area contributed by atoms with Crippen molar-refractivity contribution in [2.45, 2.75) is 32.1 Å². The molecule has 1 rings (SSSR count). The number of nitrogens with one attached hydrogen (secondary N) is 2. The first kappa shape index (κ1) is 19.2. The van der Waals surface area contributed by atoms with Crippen LogP contribution in [0.3, 0.4) is 0 Å². The summed E-state index contributed by atoms with van der Waals surface area (Å²) in [6.07, 6.45) is 2.23. The number of carboxylic acid groups (broad SMARTS) is 1. The molecule has 0 fully saturated rings. The number of unbranched alkanes of at least 4 members (excludes halogenated alkanes) is 2. The molecule has 0 aliphatic carbocycles. The van der Waals surface area contributed by atoms with E-state index in [0.29, 0.717) is 17.7 Å². The Labute approximate surface area is 135 Å². The molecule has 1 aromatic carbocycles. The highest BCUT2D eigenvalue weighted by Crippen LogP contribution is 2.46. The van der Waals surface area contributed by atoms with Crippen molar-refractivity contribution in [3.63, 3.8) is 0 Å². The largest absolute Gasteiger partial charge is 0.481 e. The van der Waals surface area contributed by atoms with Gasteiger partial charge in [-0.15, -0.1) is 0 Å². The Balaban J connectivity index is 2.92. The lowest BCUT2D eigenvalue weighted by atomic mass is 10.0. The molecule has 128 valence electrons. The Bertz CT molecular complexity index is 606. The first-order chi connectivity index (χ1) is 10.7. The van der Waals surface area contributed by atoms with E-state index in [0.717, 1.165) is 12.8 Å². The van der Waals surface area contributed by atoms with E-state index in [4.69, 9.17) is 11.1 Å². The van der Waals surface area contributed by atoms with Gasteiger partial charge in [-0.2, -0.15) is 0 Å². The predicted octanol–water partition coefficient (Wildman–Crippen LogP) is 2.62. The fourth-order valence-corrected chi connectivity index (χ4v) is 4.14. The van der Waals surface area contributed by atoms with Gasteiger partial charge in [0.25, 0.3) is 0 Å². The molecule has 2 unspecified atom stereocenters. The van der Waals surface area contributed by atoms with Crippen molar-refractivity contribution in [1.82, 2.24) is 0 Å². The highest BCUT2D eigenvalue weighted by Gasteiger charge is 2.30. The molecule has 0 aromatic heterocycles. The number of hydrogen-bond donors (Lipinski definition) is 5. The Hall–Kier alpha value is -1.85. The zero-order valence-electron chi connectivity index (χ0n) is 13.2. The number of carbonyl (C=O) groups is 1. The maximum Gasteiger partial charge on any atom is 0.311 e. The van der Waals surface area contributed by atoms with E-state index in [-0.39, 0.29) is 18.3 Å². The average Bonchev–Trinajstić information content (AvgIpc) is 2.44. The van der Waals surface area contributed by atoms with Crippen LogP contribution in [-0.2, 0) is 9.36 Å². The fraction of sp³-hybridized carbons (Fsp3) is 0.467. The van der Waals surface area contributed by atoms with Gasteiger partial charge in [0.15, 0.2) is 5.96 Å². The van der Waals surface area contributed by atoms with Crippen LogP contribution in [0.4, 0.5) is 5.69 Å². The summed E-state index contributed by atoms with van der Waals surface area (Å²) < 4.78 is 12.3. The van der Waals surface area contributed by atoms with Gasteiger partial charge in [0.1, 0.15) is 0 Å². The number of nitrogens with two attached hydrogens (primary N) is 1. The van der Waals surface area contributed by atoms with Gasteiger partial charge in [-0.25, -0.2) is 0 Å². The van der Waals surface area contributed by atoms with Crippen LogP contribution in [0, 0.1) is 5.41 Å². The third kappa shape index (κ3) is 6.84.